The molecule has 1 aromatic carbocycles. The van der Waals surface area contributed by atoms with Crippen molar-refractivity contribution in [2.24, 2.45) is 0 Å². The lowest BCUT2D eigenvalue weighted by Crippen LogP contribution is -2.45. The van der Waals surface area contributed by atoms with Crippen molar-refractivity contribution in [1.82, 2.24) is 4.90 Å². The standard InChI is InChI=1S/C15H21NO2/c1-2-7-14(8-3-1)18-15-11-16(9-10-17-12-15)13-5-4-6-13/h1-3,7-8,13,15H,4-6,9-12H2. The van der Waals surface area contributed by atoms with Crippen LogP contribution in [0.25, 0.3) is 0 Å². The van der Waals surface area contributed by atoms with Crippen molar-refractivity contribution in [1.29, 1.82) is 0 Å². The summed E-state index contributed by atoms with van der Waals surface area (Å²) in [7, 11) is 0. The molecule has 0 amide bonds. The third-order valence-electron chi connectivity index (χ3n) is 3.90. The smallest absolute Gasteiger partial charge is 0.135 e. The summed E-state index contributed by atoms with van der Waals surface area (Å²) < 4.78 is 11.7. The van der Waals surface area contributed by atoms with E-state index >= 15 is 0 Å². The van der Waals surface area contributed by atoms with E-state index in [1.165, 1.54) is 19.3 Å². The molecule has 18 heavy (non-hydrogen) atoms. The molecule has 1 saturated carbocycles. The van der Waals surface area contributed by atoms with Gasteiger partial charge in [-0.1, -0.05) is 24.6 Å². The van der Waals surface area contributed by atoms with Gasteiger partial charge < -0.3 is 9.47 Å². The van der Waals surface area contributed by atoms with E-state index in [9.17, 15) is 0 Å². The number of rotatable bonds is 3. The van der Waals surface area contributed by atoms with Gasteiger partial charge in [0, 0.05) is 19.1 Å². The average Bonchev–Trinajstić information content (AvgIpc) is 2.54. The minimum Gasteiger partial charge on any atom is -0.487 e. The van der Waals surface area contributed by atoms with Gasteiger partial charge in [-0.25, -0.2) is 0 Å². The van der Waals surface area contributed by atoms with E-state index in [1.54, 1.807) is 0 Å². The van der Waals surface area contributed by atoms with E-state index in [-0.39, 0.29) is 6.10 Å². The van der Waals surface area contributed by atoms with Crippen LogP contribution in [0.15, 0.2) is 30.3 Å². The Kier molecular flexibility index (Phi) is 3.81. The fourth-order valence-electron chi connectivity index (χ4n) is 2.65. The molecular weight excluding hydrogens is 226 g/mol. The van der Waals surface area contributed by atoms with Crippen LogP contribution in [0, 0.1) is 0 Å². The first kappa shape index (κ1) is 12.0. The fraction of sp³-hybridized carbons (Fsp3) is 0.600. The summed E-state index contributed by atoms with van der Waals surface area (Å²) >= 11 is 0. The van der Waals surface area contributed by atoms with Crippen LogP contribution >= 0.6 is 0 Å². The zero-order valence-electron chi connectivity index (χ0n) is 10.8. The van der Waals surface area contributed by atoms with Crippen molar-refractivity contribution in [2.75, 3.05) is 26.3 Å². The Balaban J connectivity index is 1.60. The van der Waals surface area contributed by atoms with E-state index in [1.807, 2.05) is 30.3 Å². The van der Waals surface area contributed by atoms with Crippen molar-refractivity contribution in [2.45, 2.75) is 31.4 Å². The average molecular weight is 247 g/mol. The predicted molar refractivity (Wildman–Crippen MR) is 70.9 cm³/mol. The summed E-state index contributed by atoms with van der Waals surface area (Å²) in [5.74, 6) is 0.946. The van der Waals surface area contributed by atoms with Crippen molar-refractivity contribution in [3.8, 4) is 5.75 Å². The maximum Gasteiger partial charge on any atom is 0.135 e. The van der Waals surface area contributed by atoms with Crippen molar-refractivity contribution < 1.29 is 9.47 Å². The van der Waals surface area contributed by atoms with Gasteiger partial charge in [0.25, 0.3) is 0 Å². The molecule has 0 bridgehead atoms. The molecule has 1 saturated heterocycles. The normalized spacial score (nSPS) is 26.3. The quantitative estimate of drug-likeness (QED) is 0.818. The van der Waals surface area contributed by atoms with Crippen molar-refractivity contribution >= 4 is 0 Å². The lowest BCUT2D eigenvalue weighted by Gasteiger charge is -2.37. The van der Waals surface area contributed by atoms with Gasteiger partial charge in [0.2, 0.25) is 0 Å². The van der Waals surface area contributed by atoms with Crippen LogP contribution in [0.5, 0.6) is 5.75 Å². The fourth-order valence-corrected chi connectivity index (χ4v) is 2.65. The molecule has 1 atom stereocenters. The van der Waals surface area contributed by atoms with Crippen LogP contribution in [0.3, 0.4) is 0 Å². The molecule has 2 fully saturated rings. The van der Waals surface area contributed by atoms with E-state index in [4.69, 9.17) is 9.47 Å². The van der Waals surface area contributed by atoms with E-state index in [2.05, 4.69) is 4.90 Å². The van der Waals surface area contributed by atoms with Gasteiger partial charge in [-0.15, -0.1) is 0 Å². The van der Waals surface area contributed by atoms with Crippen LogP contribution < -0.4 is 4.74 Å². The molecule has 0 spiro atoms. The lowest BCUT2D eigenvalue weighted by atomic mass is 9.91. The van der Waals surface area contributed by atoms with E-state index in [0.29, 0.717) is 6.61 Å². The van der Waals surface area contributed by atoms with Gasteiger partial charge in [-0.2, -0.15) is 0 Å². The summed E-state index contributed by atoms with van der Waals surface area (Å²) in [5.41, 5.74) is 0. The first-order valence-corrected chi connectivity index (χ1v) is 6.95. The highest BCUT2D eigenvalue weighted by molar-refractivity contribution is 5.21. The minimum atomic E-state index is 0.162. The van der Waals surface area contributed by atoms with Gasteiger partial charge in [-0.3, -0.25) is 4.90 Å². The second-order valence-electron chi connectivity index (χ2n) is 5.21. The minimum absolute atomic E-state index is 0.162. The Morgan fingerprint density at radius 2 is 2.00 bits per heavy atom. The van der Waals surface area contributed by atoms with Crippen molar-refractivity contribution in [3.05, 3.63) is 30.3 Å². The third kappa shape index (κ3) is 2.85. The molecule has 98 valence electrons. The highest BCUT2D eigenvalue weighted by Crippen LogP contribution is 2.26. The van der Waals surface area contributed by atoms with Gasteiger partial charge in [0.15, 0.2) is 0 Å². The monoisotopic (exact) mass is 247 g/mol. The van der Waals surface area contributed by atoms with Crippen LogP contribution in [-0.2, 0) is 4.74 Å². The van der Waals surface area contributed by atoms with E-state index in [0.717, 1.165) is 31.5 Å². The topological polar surface area (TPSA) is 21.7 Å². The van der Waals surface area contributed by atoms with Gasteiger partial charge in [0.05, 0.1) is 13.2 Å². The second kappa shape index (κ2) is 5.72. The van der Waals surface area contributed by atoms with Crippen LogP contribution in [0.1, 0.15) is 19.3 Å². The first-order valence-electron chi connectivity index (χ1n) is 6.95. The molecule has 1 aliphatic heterocycles. The zero-order chi connectivity index (χ0) is 12.2. The molecule has 0 aromatic heterocycles. The lowest BCUT2D eigenvalue weighted by molar-refractivity contribution is 0.0658. The van der Waals surface area contributed by atoms with Gasteiger partial charge in [-0.05, 0) is 25.0 Å². The molecule has 3 nitrogen and oxygen atoms in total. The largest absolute Gasteiger partial charge is 0.487 e. The summed E-state index contributed by atoms with van der Waals surface area (Å²) in [6, 6.07) is 10.8. The Hall–Kier alpha value is -1.06. The molecule has 3 heteroatoms. The predicted octanol–water partition coefficient (Wildman–Crippen LogP) is 2.32. The molecular formula is C15H21NO2. The zero-order valence-corrected chi connectivity index (χ0v) is 10.8. The molecule has 0 N–H and O–H groups in total. The summed E-state index contributed by atoms with van der Waals surface area (Å²) in [4.78, 5) is 2.55. The van der Waals surface area contributed by atoms with Crippen molar-refractivity contribution in [3.63, 3.8) is 0 Å². The summed E-state index contributed by atoms with van der Waals surface area (Å²) in [6.07, 6.45) is 4.23. The van der Waals surface area contributed by atoms with Crippen LogP contribution in [0.2, 0.25) is 0 Å². The molecule has 0 radical (unpaired) electrons. The number of para-hydroxylation sites is 1. The molecule has 1 aliphatic carbocycles. The Bertz CT molecular complexity index is 364. The van der Waals surface area contributed by atoms with Gasteiger partial charge >= 0.3 is 0 Å². The number of hydrogen-bond donors (Lipinski definition) is 0. The maximum atomic E-state index is 6.02. The maximum absolute atomic E-state index is 6.02. The summed E-state index contributed by atoms with van der Waals surface area (Å²) in [6.45, 7) is 3.60. The number of benzene rings is 1. The highest BCUT2D eigenvalue weighted by atomic mass is 16.5. The Labute approximate surface area is 109 Å². The molecule has 3 rings (SSSR count). The SMILES string of the molecule is c1ccc(OC2COCCN(C3CCC3)C2)cc1. The van der Waals surface area contributed by atoms with Crippen LogP contribution in [0.4, 0.5) is 0 Å². The second-order valence-corrected chi connectivity index (χ2v) is 5.21. The number of nitrogens with zero attached hydrogens (tertiary/aromatic N) is 1. The van der Waals surface area contributed by atoms with Gasteiger partial charge in [0.1, 0.15) is 11.9 Å². The number of ether oxygens (including phenoxy) is 2. The first-order chi connectivity index (χ1) is 8.92. The summed E-state index contributed by atoms with van der Waals surface area (Å²) in [5, 5.41) is 0. The van der Waals surface area contributed by atoms with Crippen LogP contribution in [-0.4, -0.2) is 43.3 Å². The Morgan fingerprint density at radius 3 is 2.72 bits per heavy atom. The molecule has 1 heterocycles. The van der Waals surface area contributed by atoms with E-state index < -0.39 is 0 Å². The molecule has 2 aliphatic rings. The molecule has 1 aromatic rings. The molecule has 1 unspecified atom stereocenters. The Morgan fingerprint density at radius 1 is 1.17 bits per heavy atom. The number of hydrogen-bond acceptors (Lipinski definition) is 3. The third-order valence-corrected chi connectivity index (χ3v) is 3.90. The highest BCUT2D eigenvalue weighted by Gasteiger charge is 2.29.